The van der Waals surface area contributed by atoms with E-state index in [2.05, 4.69) is 224 Å². The minimum atomic E-state index is -0.281. The van der Waals surface area contributed by atoms with E-state index in [9.17, 15) is 10.1 Å². The summed E-state index contributed by atoms with van der Waals surface area (Å²) in [7, 11) is 2.15. The van der Waals surface area contributed by atoms with Crippen LogP contribution in [-0.4, -0.2) is 154 Å². The molecule has 8 aliphatic heterocycles. The van der Waals surface area contributed by atoms with Crippen molar-refractivity contribution in [3.8, 4) is 0 Å². The largest absolute Gasteiger partial charge is 2.00 e. The number of allylic oxidation sites excluding steroid dienone is 5. The van der Waals surface area contributed by atoms with Gasteiger partial charge in [-0.25, -0.2) is 13.7 Å². The minimum Gasteiger partial charge on any atom is -0.358 e. The number of hydrogen-bond acceptors (Lipinski definition) is 9. The minimum absolute atomic E-state index is 0. The Hall–Kier alpha value is -3.46. The Balaban J connectivity index is 0.000000586. The summed E-state index contributed by atoms with van der Waals surface area (Å²) in [5.74, 6) is 7.13. The molecule has 5 aromatic carbocycles. The van der Waals surface area contributed by atoms with Gasteiger partial charge in [0.05, 0.1) is 22.2 Å². The van der Waals surface area contributed by atoms with Crippen molar-refractivity contribution in [2.75, 3.05) is 116 Å². The van der Waals surface area contributed by atoms with Gasteiger partial charge in [0.2, 0.25) is 15.1 Å². The fourth-order valence-corrected chi connectivity index (χ4v) is 30.1. The predicted molar refractivity (Wildman–Crippen MR) is 625 cm³/mol. The molecule has 0 atom stereocenters. The number of nitrogens with zero attached hydrogens (tertiary/aromatic N) is 9. The zero-order valence-corrected chi connectivity index (χ0v) is 102. The maximum Gasteiger partial charge on any atom is 2.00 e. The van der Waals surface area contributed by atoms with Crippen LogP contribution in [-0.2, 0) is 89.9 Å². The summed E-state index contributed by atoms with van der Waals surface area (Å²) < 4.78 is 11.6. The number of para-hydroxylation sites is 1. The first-order valence-electron chi connectivity index (χ1n) is 53.2. The van der Waals surface area contributed by atoms with E-state index in [1.807, 2.05) is 41.4 Å². The van der Waals surface area contributed by atoms with Gasteiger partial charge in [-0.2, -0.15) is 0 Å². The summed E-state index contributed by atoms with van der Waals surface area (Å²) in [6.07, 6.45) is 67.7. The molecule has 8 heterocycles. The molecular formula is C123H194ClFe4N9O2S3Se+4. The van der Waals surface area contributed by atoms with Crippen LogP contribution in [0.25, 0.3) is 10.8 Å². The van der Waals surface area contributed by atoms with Crippen LogP contribution in [0.1, 0.15) is 355 Å². The Bertz CT molecular complexity index is 4830. The van der Waals surface area contributed by atoms with Crippen LogP contribution in [0.2, 0.25) is 10.3 Å². The number of fused-ring (bicyclic) bond motifs is 6. The molecule has 143 heavy (non-hydrogen) atoms. The number of non-ortho nitro benzene ring substituents is 1. The molecule has 0 spiro atoms. The second-order valence-corrected chi connectivity index (χ2v) is 48.9. The number of hydrogen-bond donors (Lipinski definition) is 0. The van der Waals surface area contributed by atoms with Crippen LogP contribution in [0.5, 0.6) is 0 Å². The summed E-state index contributed by atoms with van der Waals surface area (Å²) in [6, 6.07) is 34.6. The van der Waals surface area contributed by atoms with Crippen LogP contribution in [0, 0.1) is 93.2 Å². The SMILES string of the molecule is C1CCCC1.C1CCCC1.C1CCCC1.C1CCCC1.CC[N+]1=C(C=C2N(CCC3CCCC3)c3ccc(Cl)cc3C2(C)C)SCC1.CC[N+]1=C(C=C2N(CCC3CCCC3)c3ccc4ccccc4c3C2(C)C)SCC1.CC[N+]1=C(C=C2N(CCC3CCCC3)c3ccccc3C2(C)C)[Se]CC1.C[N+]1=C(C=C2N(CCC3CCCC3)c3ccc([N+](=O)[O-])cc3C2(C)C)SCC1.[CH3-].[CH3-].[CH3-].[CH3-].[CH3-].[CH3-].[CH3-].[CH3-].[Fe+2].[Fe+2].[Fe+2].[Fe+2]. The van der Waals surface area contributed by atoms with Gasteiger partial charge in [-0.15, -0.1) is 0 Å². The van der Waals surface area contributed by atoms with E-state index in [-0.39, 0.29) is 160 Å². The first kappa shape index (κ1) is 136. The van der Waals surface area contributed by atoms with Crippen molar-refractivity contribution in [2.24, 2.45) is 23.7 Å². The van der Waals surface area contributed by atoms with Crippen molar-refractivity contribution < 1.29 is 91.5 Å². The van der Waals surface area contributed by atoms with Crippen LogP contribution in [0.15, 0.2) is 144 Å². The van der Waals surface area contributed by atoms with Gasteiger partial charge in [0.1, 0.15) is 20.1 Å². The monoisotopic (exact) mass is 2260 g/mol. The average Bonchev–Trinajstić information content (AvgIpc) is 1.57. The molecule has 0 bridgehead atoms. The number of nitro groups is 1. The van der Waals surface area contributed by atoms with Crippen molar-refractivity contribution >= 4 is 121 Å². The normalized spacial score (nSPS) is 21.5. The van der Waals surface area contributed by atoms with Gasteiger partial charge < -0.3 is 74.1 Å². The molecule has 0 aromatic heterocycles. The number of thioether (sulfide) groups is 3. The van der Waals surface area contributed by atoms with Crippen molar-refractivity contribution in [1.29, 1.82) is 0 Å². The van der Waals surface area contributed by atoms with Gasteiger partial charge in [-0.3, -0.25) is 10.1 Å². The third kappa shape index (κ3) is 35.0. The third-order valence-electron chi connectivity index (χ3n) is 32.4. The zero-order valence-electron chi connectivity index (χ0n) is 93.0. The maximum atomic E-state index is 11.4. The van der Waals surface area contributed by atoms with E-state index in [1.165, 1.54) is 382 Å². The van der Waals surface area contributed by atoms with Crippen molar-refractivity contribution in [2.45, 2.75) is 360 Å². The summed E-state index contributed by atoms with van der Waals surface area (Å²) in [5, 5.41) is 20.6. The molecule has 0 N–H and O–H groups in total. The van der Waals surface area contributed by atoms with Crippen molar-refractivity contribution in [3.05, 3.63) is 241 Å². The molecule has 21 rings (SSSR count). The second-order valence-electron chi connectivity index (χ2n) is 42.8. The second kappa shape index (κ2) is 66.5. The molecule has 11 nitrogen and oxygen atoms in total. The standard InChI is InChI=1S/C27H35N2S.C23H32ClN2S.C23H33N2Se.C22H30N3O2S.4C5H10.8CH3.4Fe/c1-4-28-17-18-30-25(28)19-24-27(2,3)26-22-12-8-7-11-21(22)13-14-23(26)29(24)16-15-20-9-5-6-10-20;1-4-25-13-14-27-22(25)16-21-23(2,3)19-15-18(24)9-10-20(19)26(21)12-11-17-7-5-6-8-17;1-4-24-15-16-26-22(24)17-21-23(2,3)19-11-7-8-12-20(19)25(21)14-13-18-9-5-6-10-18;1-22(2)18-14-17(25(26)27)8-9-19(18)24(11-10-16-6-4-5-7-16)20(22)15-21-23(3)12-13-28-21;4*1-2-4-5-3-1;;;;;;;;;;;;/h7-8,11-14,19-20H,4-6,9-10,15-18H2,1-3H3;9-10,15-17H,4-8,11-14H2,1-3H3;7-8,11-12,17-18H,4-6,9-10,13-16H2,1-3H3;8-9,14-16H,4-7,10-13H2,1-3H3;4*1-5H2;8*1H3;;;;/q4*+1;;;;;8*-1;4*+2. The van der Waals surface area contributed by atoms with Crippen molar-refractivity contribution in [1.82, 2.24) is 0 Å². The Labute approximate surface area is 944 Å². The molecule has 16 aliphatic rings. The summed E-state index contributed by atoms with van der Waals surface area (Å²) >= 11 is 13.0. The Morgan fingerprint density at radius 2 is 0.706 bits per heavy atom. The van der Waals surface area contributed by atoms with Gasteiger partial charge >= 0.3 is 234 Å². The van der Waals surface area contributed by atoms with Crippen LogP contribution < -0.4 is 19.6 Å². The quantitative estimate of drug-likeness (QED) is 0.0249. The first-order chi connectivity index (χ1) is 63.6. The van der Waals surface area contributed by atoms with E-state index in [4.69, 9.17) is 11.6 Å². The predicted octanol–water partition coefficient (Wildman–Crippen LogP) is 33.8. The van der Waals surface area contributed by atoms with E-state index in [1.54, 1.807) is 16.7 Å². The van der Waals surface area contributed by atoms with Gasteiger partial charge in [0, 0.05) is 105 Å². The number of benzene rings is 5. The molecule has 20 heteroatoms. The van der Waals surface area contributed by atoms with Gasteiger partial charge in [-0.05, 0) is 109 Å². The van der Waals surface area contributed by atoms with E-state index >= 15 is 0 Å². The van der Waals surface area contributed by atoms with Gasteiger partial charge in [0.15, 0.2) is 19.6 Å². The molecular weight excluding hydrogens is 2070 g/mol. The molecule has 0 radical (unpaired) electrons. The van der Waals surface area contributed by atoms with E-state index in [0.717, 1.165) is 91.5 Å². The molecule has 8 saturated carbocycles. The summed E-state index contributed by atoms with van der Waals surface area (Å²) in [4.78, 5) is 21.5. The number of nitro benzene ring substituents is 1. The van der Waals surface area contributed by atoms with Crippen LogP contribution >= 0.6 is 46.9 Å². The first-order valence-corrected chi connectivity index (χ1v) is 58.6. The Morgan fingerprint density at radius 1 is 0.378 bits per heavy atom. The van der Waals surface area contributed by atoms with Crippen molar-refractivity contribution in [3.63, 3.8) is 0 Å². The molecule has 8 aliphatic carbocycles. The topological polar surface area (TPSA) is 68.1 Å². The number of rotatable bonds is 20. The number of halogens is 1. The molecule has 802 valence electrons. The van der Waals surface area contributed by atoms with Crippen LogP contribution in [0.3, 0.4) is 0 Å². The zero-order chi connectivity index (χ0) is 91.9. The summed E-state index contributed by atoms with van der Waals surface area (Å²) in [5.41, 5.74) is 16.7. The molecule has 0 saturated heterocycles. The fraction of sp³-hybridized carbons (Fsp3) is 0.610. The smallest absolute Gasteiger partial charge is 0.358 e. The van der Waals surface area contributed by atoms with E-state index in [0.29, 0.717) is 15.0 Å². The third-order valence-corrected chi connectivity index (χ3v) is 38.1. The average molecular weight is 2260 g/mol. The molecule has 0 amide bonds. The maximum absolute atomic E-state index is 11.4. The van der Waals surface area contributed by atoms with Crippen LogP contribution in [0.4, 0.5) is 28.4 Å². The van der Waals surface area contributed by atoms with Gasteiger partial charge in [-0.1, -0.05) is 324 Å². The molecule has 0 unspecified atom stereocenters. The summed E-state index contributed by atoms with van der Waals surface area (Å²) in [6.45, 7) is 38.2. The van der Waals surface area contributed by atoms with Gasteiger partial charge in [0.25, 0.3) is 5.69 Å². The Kier molecular flexibility index (Phi) is 63.0. The molecule has 5 aromatic rings. The number of anilines is 4. The fourth-order valence-electron chi connectivity index (χ4n) is 24.2. The Morgan fingerprint density at radius 3 is 1.10 bits per heavy atom. The molecule has 8 fully saturated rings. The van der Waals surface area contributed by atoms with E-state index < -0.39 is 0 Å².